The van der Waals surface area contributed by atoms with E-state index in [1.54, 1.807) is 9.80 Å². The topological polar surface area (TPSA) is 68.3 Å². The van der Waals surface area contributed by atoms with Gasteiger partial charge in [0.2, 0.25) is 6.79 Å². The van der Waals surface area contributed by atoms with E-state index >= 15 is 0 Å². The molecule has 7 heteroatoms. The minimum absolute atomic E-state index is 0.00534. The van der Waals surface area contributed by atoms with Crippen LogP contribution in [-0.2, 0) is 9.53 Å². The number of ether oxygens (including phenoxy) is 3. The maximum Gasteiger partial charge on any atom is 0.253 e. The molecule has 2 amide bonds. The van der Waals surface area contributed by atoms with Crippen LogP contribution in [-0.4, -0.2) is 67.3 Å². The Labute approximate surface area is 168 Å². The van der Waals surface area contributed by atoms with Crippen molar-refractivity contribution >= 4 is 11.8 Å². The summed E-state index contributed by atoms with van der Waals surface area (Å²) in [6, 6.07) is 13.4. The molecular weight excluding hydrogens is 372 g/mol. The zero-order valence-electron chi connectivity index (χ0n) is 16.0. The van der Waals surface area contributed by atoms with E-state index in [1.165, 1.54) is 0 Å². The van der Waals surface area contributed by atoms with Crippen molar-refractivity contribution in [3.8, 4) is 22.6 Å². The van der Waals surface area contributed by atoms with E-state index in [4.69, 9.17) is 14.2 Å². The number of nitrogens with zero attached hydrogens (tertiary/aromatic N) is 2. The molecule has 0 aliphatic carbocycles. The molecule has 3 aliphatic rings. The van der Waals surface area contributed by atoms with Crippen LogP contribution in [0.2, 0.25) is 0 Å². The van der Waals surface area contributed by atoms with E-state index in [9.17, 15) is 9.59 Å². The third-order valence-electron chi connectivity index (χ3n) is 5.69. The third-order valence-corrected chi connectivity index (χ3v) is 5.69. The van der Waals surface area contributed by atoms with Crippen LogP contribution >= 0.6 is 0 Å². The Balaban J connectivity index is 1.22. The first-order chi connectivity index (χ1) is 14.2. The van der Waals surface area contributed by atoms with Crippen molar-refractivity contribution < 1.29 is 23.8 Å². The van der Waals surface area contributed by atoms with Crippen molar-refractivity contribution in [3.05, 3.63) is 48.0 Å². The van der Waals surface area contributed by atoms with E-state index in [-0.39, 0.29) is 24.7 Å². The van der Waals surface area contributed by atoms with Crippen molar-refractivity contribution in [1.29, 1.82) is 0 Å². The van der Waals surface area contributed by atoms with Crippen LogP contribution in [0.25, 0.3) is 11.1 Å². The highest BCUT2D eigenvalue weighted by atomic mass is 16.7. The standard InChI is InChI=1S/C22H22N2O5/c25-21(23-8-10-24(11-9-23)22(26)19-7-12-27-19)16-3-1-15(2-4-16)17-5-6-18-20(13-17)29-14-28-18/h1-6,13,19H,7-12,14H2. The maximum atomic E-state index is 12.8. The average molecular weight is 394 g/mol. The first-order valence-electron chi connectivity index (χ1n) is 9.89. The Bertz CT molecular complexity index is 931. The maximum absolute atomic E-state index is 12.8. The van der Waals surface area contributed by atoms with E-state index in [2.05, 4.69) is 0 Å². The SMILES string of the molecule is O=C(c1ccc(-c2ccc3c(c2)OCO3)cc1)N1CCN(C(=O)C2CCO2)CC1. The molecule has 150 valence electrons. The summed E-state index contributed by atoms with van der Waals surface area (Å²) in [5.74, 6) is 1.54. The molecule has 1 atom stereocenters. The summed E-state index contributed by atoms with van der Waals surface area (Å²) < 4.78 is 16.1. The van der Waals surface area contributed by atoms with Crippen molar-refractivity contribution in [2.24, 2.45) is 0 Å². The van der Waals surface area contributed by atoms with E-state index < -0.39 is 0 Å². The van der Waals surface area contributed by atoms with E-state index in [0.29, 0.717) is 38.3 Å². The lowest BCUT2D eigenvalue weighted by Gasteiger charge is -2.38. The number of rotatable bonds is 3. The Kier molecular flexibility index (Phi) is 4.60. The van der Waals surface area contributed by atoms with Gasteiger partial charge in [-0.3, -0.25) is 9.59 Å². The van der Waals surface area contributed by atoms with Crippen LogP contribution in [0.1, 0.15) is 16.8 Å². The van der Waals surface area contributed by atoms with Crippen molar-refractivity contribution in [2.75, 3.05) is 39.6 Å². The summed E-state index contributed by atoms with van der Waals surface area (Å²) in [6.45, 7) is 3.11. The molecule has 2 aromatic rings. The van der Waals surface area contributed by atoms with E-state index in [0.717, 1.165) is 29.0 Å². The summed E-state index contributed by atoms with van der Waals surface area (Å²) >= 11 is 0. The quantitative estimate of drug-likeness (QED) is 0.798. The predicted molar refractivity (Wildman–Crippen MR) is 105 cm³/mol. The molecule has 0 radical (unpaired) electrons. The normalized spacial score (nSPS) is 20.3. The fourth-order valence-corrected chi connectivity index (χ4v) is 3.83. The van der Waals surface area contributed by atoms with Gasteiger partial charge in [0, 0.05) is 38.2 Å². The molecule has 3 heterocycles. The van der Waals surface area contributed by atoms with Crippen LogP contribution < -0.4 is 9.47 Å². The zero-order chi connectivity index (χ0) is 19.8. The fraction of sp³-hybridized carbons (Fsp3) is 0.364. The number of amides is 2. The molecule has 2 saturated heterocycles. The third kappa shape index (κ3) is 3.42. The predicted octanol–water partition coefficient (Wildman–Crippen LogP) is 2.16. The van der Waals surface area contributed by atoms with Gasteiger partial charge in [-0.25, -0.2) is 0 Å². The molecule has 0 spiro atoms. The lowest BCUT2D eigenvalue weighted by Crippen LogP contribution is -2.54. The van der Waals surface area contributed by atoms with Gasteiger partial charge in [0.1, 0.15) is 6.10 Å². The second-order valence-electron chi connectivity index (χ2n) is 7.41. The molecule has 2 fully saturated rings. The van der Waals surface area contributed by atoms with Crippen LogP contribution in [0, 0.1) is 0 Å². The summed E-state index contributed by atoms with van der Waals surface area (Å²) in [6.07, 6.45) is 0.522. The Morgan fingerprint density at radius 1 is 0.828 bits per heavy atom. The lowest BCUT2D eigenvalue weighted by molar-refractivity contribution is -0.157. The summed E-state index contributed by atoms with van der Waals surface area (Å²) in [7, 11) is 0. The van der Waals surface area contributed by atoms with Crippen molar-refractivity contribution in [3.63, 3.8) is 0 Å². The minimum atomic E-state index is -0.277. The molecule has 5 rings (SSSR count). The van der Waals surface area contributed by atoms with Crippen molar-refractivity contribution in [1.82, 2.24) is 9.80 Å². The second-order valence-corrected chi connectivity index (χ2v) is 7.41. The first kappa shape index (κ1) is 18.0. The smallest absolute Gasteiger partial charge is 0.253 e. The van der Waals surface area contributed by atoms with Gasteiger partial charge in [-0.05, 0) is 35.4 Å². The molecule has 1 unspecified atom stereocenters. The van der Waals surface area contributed by atoms with Crippen LogP contribution in [0.4, 0.5) is 0 Å². The number of carbonyl (C=O) groups excluding carboxylic acids is 2. The molecule has 7 nitrogen and oxygen atoms in total. The zero-order valence-corrected chi connectivity index (χ0v) is 16.0. The molecular formula is C22H22N2O5. The minimum Gasteiger partial charge on any atom is -0.454 e. The molecule has 0 aromatic heterocycles. The van der Waals surface area contributed by atoms with Gasteiger partial charge < -0.3 is 24.0 Å². The molecule has 0 bridgehead atoms. The van der Waals surface area contributed by atoms with E-state index in [1.807, 2.05) is 42.5 Å². The van der Waals surface area contributed by atoms with Gasteiger partial charge in [0.15, 0.2) is 11.5 Å². The monoisotopic (exact) mass is 394 g/mol. The average Bonchev–Trinajstić information content (AvgIpc) is 3.20. The first-order valence-corrected chi connectivity index (χ1v) is 9.89. The van der Waals surface area contributed by atoms with Gasteiger partial charge >= 0.3 is 0 Å². The Morgan fingerprint density at radius 3 is 2.17 bits per heavy atom. The highest BCUT2D eigenvalue weighted by Gasteiger charge is 2.33. The summed E-state index contributed by atoms with van der Waals surface area (Å²) in [5.41, 5.74) is 2.67. The molecule has 0 saturated carbocycles. The molecule has 0 N–H and O–H groups in total. The Hall–Kier alpha value is -3.06. The summed E-state index contributed by atoms with van der Waals surface area (Å²) in [4.78, 5) is 28.7. The number of piperazine rings is 1. The van der Waals surface area contributed by atoms with Gasteiger partial charge in [0.25, 0.3) is 11.8 Å². The van der Waals surface area contributed by atoms with Gasteiger partial charge in [-0.1, -0.05) is 18.2 Å². The van der Waals surface area contributed by atoms with Gasteiger partial charge in [-0.15, -0.1) is 0 Å². The molecule has 2 aromatic carbocycles. The number of carbonyl (C=O) groups is 2. The molecule has 3 aliphatic heterocycles. The number of hydrogen-bond donors (Lipinski definition) is 0. The summed E-state index contributed by atoms with van der Waals surface area (Å²) in [5, 5.41) is 0. The lowest BCUT2D eigenvalue weighted by atomic mass is 10.0. The highest BCUT2D eigenvalue weighted by Crippen LogP contribution is 2.35. The van der Waals surface area contributed by atoms with Gasteiger partial charge in [0.05, 0.1) is 6.61 Å². The van der Waals surface area contributed by atoms with Crippen LogP contribution in [0.15, 0.2) is 42.5 Å². The second kappa shape index (κ2) is 7.40. The number of benzene rings is 2. The van der Waals surface area contributed by atoms with Crippen molar-refractivity contribution in [2.45, 2.75) is 12.5 Å². The fourth-order valence-electron chi connectivity index (χ4n) is 3.83. The van der Waals surface area contributed by atoms with Crippen LogP contribution in [0.5, 0.6) is 11.5 Å². The van der Waals surface area contributed by atoms with Gasteiger partial charge in [-0.2, -0.15) is 0 Å². The van der Waals surface area contributed by atoms with Crippen LogP contribution in [0.3, 0.4) is 0 Å². The number of hydrogen-bond acceptors (Lipinski definition) is 5. The highest BCUT2D eigenvalue weighted by molar-refractivity contribution is 5.95. The Morgan fingerprint density at radius 2 is 1.48 bits per heavy atom. The largest absolute Gasteiger partial charge is 0.454 e. The molecule has 29 heavy (non-hydrogen) atoms. The number of fused-ring (bicyclic) bond motifs is 1.